The molecule has 36 heavy (non-hydrogen) atoms. The highest BCUT2D eigenvalue weighted by Crippen LogP contribution is 2.39. The van der Waals surface area contributed by atoms with E-state index in [1.54, 1.807) is 20.8 Å². The van der Waals surface area contributed by atoms with Crippen LogP contribution in [-0.4, -0.2) is 41.2 Å². The van der Waals surface area contributed by atoms with Crippen molar-refractivity contribution in [3.63, 3.8) is 0 Å². The van der Waals surface area contributed by atoms with Crippen molar-refractivity contribution in [1.82, 2.24) is 15.3 Å². The first-order valence-electron chi connectivity index (χ1n) is 12.0. The summed E-state index contributed by atoms with van der Waals surface area (Å²) in [5.74, 6) is -0.756. The van der Waals surface area contributed by atoms with E-state index in [1.807, 2.05) is 6.92 Å². The Morgan fingerprint density at radius 2 is 1.89 bits per heavy atom. The highest BCUT2D eigenvalue weighted by molar-refractivity contribution is 5.83. The Morgan fingerprint density at radius 3 is 2.50 bits per heavy atom. The summed E-state index contributed by atoms with van der Waals surface area (Å²) in [5.41, 5.74) is -0.284. The Morgan fingerprint density at radius 1 is 1.22 bits per heavy atom. The minimum atomic E-state index is -2.94. The van der Waals surface area contributed by atoms with Gasteiger partial charge < -0.3 is 24.8 Å². The molecule has 2 atom stereocenters. The SMILES string of the molecule is CCOC(C(=O)NC1(C)CC1)c1nc(C)nc(N[C@H](C)c2cccc(C(F)F)c2F)c1C1OCCO1. The number of rotatable bonds is 10. The zero-order chi connectivity index (χ0) is 26.0. The van der Waals surface area contributed by atoms with Crippen molar-refractivity contribution < 1.29 is 32.2 Å². The van der Waals surface area contributed by atoms with Gasteiger partial charge in [0.1, 0.15) is 17.5 Å². The summed E-state index contributed by atoms with van der Waals surface area (Å²) in [6.45, 7) is 7.90. The monoisotopic (exact) mass is 508 g/mol. The molecular formula is C25H31F3N4O4. The highest BCUT2D eigenvalue weighted by Gasteiger charge is 2.42. The van der Waals surface area contributed by atoms with E-state index in [1.165, 1.54) is 12.1 Å². The predicted molar refractivity (Wildman–Crippen MR) is 125 cm³/mol. The van der Waals surface area contributed by atoms with Gasteiger partial charge in [-0.1, -0.05) is 18.2 Å². The number of anilines is 1. The molecule has 2 N–H and O–H groups in total. The summed E-state index contributed by atoms with van der Waals surface area (Å²) in [6, 6.07) is 3.12. The lowest BCUT2D eigenvalue weighted by Crippen LogP contribution is -2.39. The Kier molecular flexibility index (Phi) is 7.82. The third-order valence-electron chi connectivity index (χ3n) is 6.30. The number of ether oxygens (including phenoxy) is 3. The van der Waals surface area contributed by atoms with Crippen LogP contribution in [0.25, 0.3) is 0 Å². The Bertz CT molecular complexity index is 1110. The molecule has 2 fully saturated rings. The number of nitrogens with zero attached hydrogens (tertiary/aromatic N) is 2. The summed E-state index contributed by atoms with van der Waals surface area (Å²) in [4.78, 5) is 22.3. The average molecular weight is 509 g/mol. The van der Waals surface area contributed by atoms with E-state index in [9.17, 15) is 18.0 Å². The van der Waals surface area contributed by atoms with Crippen LogP contribution in [0, 0.1) is 12.7 Å². The van der Waals surface area contributed by atoms with E-state index in [2.05, 4.69) is 20.6 Å². The molecule has 1 saturated carbocycles. The van der Waals surface area contributed by atoms with Gasteiger partial charge in [-0.2, -0.15) is 0 Å². The molecule has 4 rings (SSSR count). The fourth-order valence-electron chi connectivity index (χ4n) is 4.15. The van der Waals surface area contributed by atoms with E-state index < -0.39 is 36.2 Å². The lowest BCUT2D eigenvalue weighted by atomic mass is 10.0. The van der Waals surface area contributed by atoms with Crippen LogP contribution in [0.2, 0.25) is 0 Å². The summed E-state index contributed by atoms with van der Waals surface area (Å²) in [6.07, 6.45) is -3.16. The molecule has 2 heterocycles. The summed E-state index contributed by atoms with van der Waals surface area (Å²) >= 11 is 0. The van der Waals surface area contributed by atoms with Gasteiger partial charge in [0.05, 0.1) is 36.1 Å². The van der Waals surface area contributed by atoms with Crippen molar-refractivity contribution in [3.8, 4) is 0 Å². The van der Waals surface area contributed by atoms with E-state index >= 15 is 0 Å². The highest BCUT2D eigenvalue weighted by atomic mass is 19.3. The van der Waals surface area contributed by atoms with Crippen LogP contribution in [0.5, 0.6) is 0 Å². The minimum absolute atomic E-state index is 0.0468. The Hall–Kier alpha value is -2.76. The van der Waals surface area contributed by atoms with Gasteiger partial charge in [0.2, 0.25) is 0 Å². The molecule has 8 nitrogen and oxygen atoms in total. The summed E-state index contributed by atoms with van der Waals surface area (Å²) < 4.78 is 58.7. The van der Waals surface area contributed by atoms with Crippen molar-refractivity contribution in [1.29, 1.82) is 0 Å². The van der Waals surface area contributed by atoms with Crippen molar-refractivity contribution in [3.05, 3.63) is 52.2 Å². The lowest BCUT2D eigenvalue weighted by molar-refractivity contribution is -0.134. The largest absolute Gasteiger partial charge is 0.363 e. The molecule has 2 aromatic rings. The second-order valence-corrected chi connectivity index (χ2v) is 9.29. The normalized spacial score (nSPS) is 18.8. The average Bonchev–Trinajstić information content (AvgIpc) is 3.29. The lowest BCUT2D eigenvalue weighted by Gasteiger charge is -2.26. The Balaban J connectivity index is 1.75. The van der Waals surface area contributed by atoms with Crippen LogP contribution >= 0.6 is 0 Å². The van der Waals surface area contributed by atoms with E-state index in [-0.39, 0.29) is 35.1 Å². The minimum Gasteiger partial charge on any atom is -0.363 e. The number of amides is 1. The van der Waals surface area contributed by atoms with Gasteiger partial charge in [-0.3, -0.25) is 4.79 Å². The van der Waals surface area contributed by atoms with Gasteiger partial charge in [-0.05, 0) is 40.5 Å². The van der Waals surface area contributed by atoms with Gasteiger partial charge in [-0.25, -0.2) is 23.1 Å². The molecule has 0 bridgehead atoms. The van der Waals surface area contributed by atoms with Crippen LogP contribution in [0.1, 0.15) is 86.7 Å². The van der Waals surface area contributed by atoms with E-state index in [4.69, 9.17) is 14.2 Å². The Labute approximate surface area is 207 Å². The van der Waals surface area contributed by atoms with Crippen LogP contribution in [0.15, 0.2) is 18.2 Å². The van der Waals surface area contributed by atoms with Crippen LogP contribution in [-0.2, 0) is 19.0 Å². The first-order chi connectivity index (χ1) is 17.1. The van der Waals surface area contributed by atoms with E-state index in [0.29, 0.717) is 24.6 Å². The number of benzene rings is 1. The van der Waals surface area contributed by atoms with Gasteiger partial charge in [-0.15, -0.1) is 0 Å². The van der Waals surface area contributed by atoms with Crippen molar-refractivity contribution in [2.24, 2.45) is 0 Å². The smallest absolute Gasteiger partial charge is 0.266 e. The number of aromatic nitrogens is 2. The third-order valence-corrected chi connectivity index (χ3v) is 6.30. The van der Waals surface area contributed by atoms with Crippen molar-refractivity contribution in [2.75, 3.05) is 25.1 Å². The second-order valence-electron chi connectivity index (χ2n) is 9.29. The fourth-order valence-corrected chi connectivity index (χ4v) is 4.15. The van der Waals surface area contributed by atoms with Crippen LogP contribution in [0.3, 0.4) is 0 Å². The molecule has 196 valence electrons. The second kappa shape index (κ2) is 10.7. The molecule has 1 aromatic heterocycles. The summed E-state index contributed by atoms with van der Waals surface area (Å²) in [7, 11) is 0. The van der Waals surface area contributed by atoms with E-state index in [0.717, 1.165) is 18.9 Å². The summed E-state index contributed by atoms with van der Waals surface area (Å²) in [5, 5.41) is 6.12. The maximum atomic E-state index is 14.9. The molecule has 1 aromatic carbocycles. The third kappa shape index (κ3) is 5.63. The molecule has 1 unspecified atom stereocenters. The number of carbonyl (C=O) groups excluding carboxylic acids is 1. The molecule has 1 amide bonds. The fraction of sp³-hybridized carbons (Fsp3) is 0.560. The van der Waals surface area contributed by atoms with Gasteiger partial charge >= 0.3 is 0 Å². The molecular weight excluding hydrogens is 477 g/mol. The standard InChI is InChI=1S/C25H31F3N4O4/c1-5-34-20(23(33)32-25(4)9-10-25)19-17(24-35-11-12-36-24)22(31-14(3)30-19)29-13(2)15-7-6-8-16(18(15)26)21(27)28/h6-8,13,20-21,24H,5,9-12H2,1-4H3,(H,32,33)(H,29,30,31)/t13-,20?/m1/s1. The molecule has 0 radical (unpaired) electrons. The number of nitrogens with one attached hydrogen (secondary N) is 2. The molecule has 1 aliphatic heterocycles. The number of hydrogen-bond acceptors (Lipinski definition) is 7. The number of hydrogen-bond donors (Lipinski definition) is 2. The number of halogens is 3. The first-order valence-corrected chi connectivity index (χ1v) is 12.0. The zero-order valence-corrected chi connectivity index (χ0v) is 20.7. The number of carbonyl (C=O) groups is 1. The van der Waals surface area contributed by atoms with Crippen molar-refractivity contribution >= 4 is 11.7 Å². The molecule has 2 aliphatic rings. The quantitative estimate of drug-likeness (QED) is 0.475. The van der Waals surface area contributed by atoms with Crippen molar-refractivity contribution in [2.45, 2.75) is 70.9 Å². The van der Waals surface area contributed by atoms with Crippen LogP contribution < -0.4 is 10.6 Å². The van der Waals surface area contributed by atoms with Crippen LogP contribution in [0.4, 0.5) is 19.0 Å². The molecule has 0 spiro atoms. The molecule has 1 saturated heterocycles. The first kappa shape index (κ1) is 26.3. The van der Waals surface area contributed by atoms with Gasteiger partial charge in [0.25, 0.3) is 12.3 Å². The predicted octanol–water partition coefficient (Wildman–Crippen LogP) is 4.83. The number of aryl methyl sites for hydroxylation is 1. The maximum absolute atomic E-state index is 14.9. The topological polar surface area (TPSA) is 94.6 Å². The maximum Gasteiger partial charge on any atom is 0.266 e. The zero-order valence-electron chi connectivity index (χ0n) is 20.7. The molecule has 1 aliphatic carbocycles. The van der Waals surface area contributed by atoms with Gasteiger partial charge in [0, 0.05) is 17.7 Å². The number of alkyl halides is 2. The van der Waals surface area contributed by atoms with Gasteiger partial charge in [0.15, 0.2) is 12.4 Å². The molecule has 11 heteroatoms.